The fourth-order valence-electron chi connectivity index (χ4n) is 7.02. The molecule has 5 aromatic rings. The van der Waals surface area contributed by atoms with Crippen molar-refractivity contribution in [1.82, 2.24) is 18.8 Å². The van der Waals surface area contributed by atoms with Gasteiger partial charge in [0.15, 0.2) is 0 Å². The summed E-state index contributed by atoms with van der Waals surface area (Å²) < 4.78 is 7.20. The molecule has 8 rings (SSSR count). The number of nitrogens with zero attached hydrogens (tertiary/aromatic N) is 6. The SMILES string of the molecule is CC(C)(C)c1ccc2c(c1)c1cc(C(C)(C)C)cc3c1n2[B-]1(n2ccnc2)N2C3=CC=CC2=Nc2cccc[n+]21. The number of aromatic nitrogens is 4. The Kier molecular flexibility index (Phi) is 4.36. The van der Waals surface area contributed by atoms with E-state index in [0.29, 0.717) is 0 Å². The predicted molar refractivity (Wildman–Crippen MR) is 164 cm³/mol. The Labute approximate surface area is 234 Å². The number of aliphatic imine (C=N–C) groups is 1. The molecule has 198 valence electrons. The molecule has 7 heteroatoms. The molecule has 40 heavy (non-hydrogen) atoms. The summed E-state index contributed by atoms with van der Waals surface area (Å²) in [4.78, 5) is 12.2. The molecule has 0 saturated carbocycles. The van der Waals surface area contributed by atoms with E-state index in [2.05, 4.69) is 144 Å². The standard InChI is InChI=1S/C33H33BN6/c1-32(2,3)22-13-14-28-24(18-22)25-19-23(33(4,5)6)20-26-27-10-9-12-30-36-29-11-7-8-16-38(29)34(39(27)30,40(28)31(25)26)37-17-15-35-21-37/h7-21H,1-6H3. The molecule has 2 aromatic carbocycles. The smallest absolute Gasteiger partial charge is 0.435 e. The minimum atomic E-state index is -1.83. The molecule has 3 aliphatic heterocycles. The van der Waals surface area contributed by atoms with E-state index in [1.807, 2.05) is 12.5 Å². The van der Waals surface area contributed by atoms with E-state index < -0.39 is 6.69 Å². The van der Waals surface area contributed by atoms with Gasteiger partial charge in [-0.15, -0.1) is 0 Å². The van der Waals surface area contributed by atoms with Gasteiger partial charge in [0.25, 0.3) is 5.82 Å². The van der Waals surface area contributed by atoms with Crippen LogP contribution in [0.15, 0.2) is 96.7 Å². The fraction of sp³-hybridized carbons (Fsp3) is 0.242. The topological polar surface area (TPSA) is 42.2 Å². The molecule has 6 nitrogen and oxygen atoms in total. The highest BCUT2D eigenvalue weighted by atomic mass is 15.5. The van der Waals surface area contributed by atoms with Gasteiger partial charge >= 0.3 is 6.69 Å². The normalized spacial score (nSPS) is 19.5. The van der Waals surface area contributed by atoms with Gasteiger partial charge in [0, 0.05) is 57.6 Å². The maximum Gasteiger partial charge on any atom is 0.508 e. The van der Waals surface area contributed by atoms with Crippen LogP contribution < -0.4 is 4.48 Å². The van der Waals surface area contributed by atoms with Gasteiger partial charge in [-0.25, -0.2) is 4.98 Å². The fourth-order valence-corrected chi connectivity index (χ4v) is 7.02. The quantitative estimate of drug-likeness (QED) is 0.234. The molecule has 0 radical (unpaired) electrons. The number of benzene rings is 2. The van der Waals surface area contributed by atoms with Gasteiger partial charge in [-0.05, 0) is 69.6 Å². The van der Waals surface area contributed by atoms with Crippen molar-refractivity contribution in [2.75, 3.05) is 0 Å². The molecule has 1 unspecified atom stereocenters. The number of fused-ring (bicyclic) bond motifs is 7. The molecular weight excluding hydrogens is 491 g/mol. The summed E-state index contributed by atoms with van der Waals surface area (Å²) in [6.45, 7) is 12.0. The summed E-state index contributed by atoms with van der Waals surface area (Å²) in [5.41, 5.74) is 7.57. The molecule has 3 aromatic heterocycles. The molecule has 0 spiro atoms. The van der Waals surface area contributed by atoms with E-state index in [9.17, 15) is 0 Å². The maximum absolute atomic E-state index is 5.17. The third-order valence-corrected chi connectivity index (χ3v) is 9.00. The minimum absolute atomic E-state index is 0.00396. The number of pyridine rings is 1. The number of hydrogen-bond donors (Lipinski definition) is 0. The third kappa shape index (κ3) is 2.82. The van der Waals surface area contributed by atoms with Gasteiger partial charge in [-0.3, -0.25) is 0 Å². The van der Waals surface area contributed by atoms with E-state index in [-0.39, 0.29) is 10.8 Å². The second kappa shape index (κ2) is 7.42. The van der Waals surface area contributed by atoms with Crippen LogP contribution >= 0.6 is 0 Å². The summed E-state index contributed by atoms with van der Waals surface area (Å²) in [5.74, 6) is 1.86. The highest BCUT2D eigenvalue weighted by Gasteiger charge is 2.56. The first-order chi connectivity index (χ1) is 19.1. The highest BCUT2D eigenvalue weighted by Crippen LogP contribution is 2.47. The lowest BCUT2D eigenvalue weighted by atomic mass is 9.64. The molecule has 1 atom stereocenters. The lowest BCUT2D eigenvalue weighted by Gasteiger charge is -2.55. The molecule has 6 heterocycles. The number of hydrogen-bond acceptors (Lipinski definition) is 3. The zero-order valence-corrected chi connectivity index (χ0v) is 23.9. The lowest BCUT2D eigenvalue weighted by molar-refractivity contribution is -0.546. The van der Waals surface area contributed by atoms with Crippen LogP contribution in [0.2, 0.25) is 0 Å². The van der Waals surface area contributed by atoms with E-state index in [1.165, 1.54) is 44.2 Å². The van der Waals surface area contributed by atoms with Gasteiger partial charge < -0.3 is 18.2 Å². The van der Waals surface area contributed by atoms with Crippen molar-refractivity contribution in [2.45, 2.75) is 52.4 Å². The van der Waals surface area contributed by atoms with Crippen LogP contribution in [-0.2, 0) is 10.8 Å². The van der Waals surface area contributed by atoms with Gasteiger partial charge in [-0.1, -0.05) is 59.8 Å². The van der Waals surface area contributed by atoms with Gasteiger partial charge in [0.05, 0.1) is 6.33 Å². The van der Waals surface area contributed by atoms with Crippen LogP contribution in [0.1, 0.15) is 58.2 Å². The van der Waals surface area contributed by atoms with Crippen LogP contribution in [0.25, 0.3) is 27.5 Å². The number of rotatable bonds is 1. The molecular formula is C33H33BN6. The Morgan fingerprint density at radius 2 is 1.68 bits per heavy atom. The van der Waals surface area contributed by atoms with Gasteiger partial charge in [-0.2, -0.15) is 0 Å². The van der Waals surface area contributed by atoms with Crippen LogP contribution in [0, 0.1) is 0 Å². The summed E-state index contributed by atoms with van der Waals surface area (Å²) in [5, 5.41) is 2.58. The monoisotopic (exact) mass is 524 g/mol. The predicted octanol–water partition coefficient (Wildman–Crippen LogP) is 6.52. The molecule has 0 saturated heterocycles. The Morgan fingerprint density at radius 3 is 2.42 bits per heavy atom. The van der Waals surface area contributed by atoms with E-state index in [4.69, 9.17) is 4.99 Å². The summed E-state index contributed by atoms with van der Waals surface area (Å²) >= 11 is 0. The van der Waals surface area contributed by atoms with Crippen molar-refractivity contribution in [3.63, 3.8) is 0 Å². The Hall–Kier alpha value is -4.39. The molecule has 0 amide bonds. The Balaban J connectivity index is 1.66. The second-order valence-corrected chi connectivity index (χ2v) is 13.4. The van der Waals surface area contributed by atoms with Crippen molar-refractivity contribution >= 4 is 45.8 Å². The number of allylic oxidation sites excluding steroid dienone is 2. The number of amidine groups is 1. The molecule has 0 N–H and O–H groups in total. The average molecular weight is 524 g/mol. The molecule has 3 aliphatic rings. The van der Waals surface area contributed by atoms with Crippen molar-refractivity contribution in [1.29, 1.82) is 0 Å². The maximum atomic E-state index is 5.17. The second-order valence-electron chi connectivity index (χ2n) is 13.4. The van der Waals surface area contributed by atoms with Crippen molar-refractivity contribution in [3.05, 3.63) is 108 Å². The number of imidazole rings is 1. The molecule has 0 bridgehead atoms. The first kappa shape index (κ1) is 23.5. The van der Waals surface area contributed by atoms with E-state index in [1.54, 1.807) is 0 Å². The molecule has 0 aliphatic carbocycles. The minimum Gasteiger partial charge on any atom is -0.435 e. The van der Waals surface area contributed by atoms with Crippen LogP contribution in [0.3, 0.4) is 0 Å². The van der Waals surface area contributed by atoms with Gasteiger partial charge in [0.1, 0.15) is 0 Å². The third-order valence-electron chi connectivity index (χ3n) is 9.00. The van der Waals surface area contributed by atoms with E-state index >= 15 is 0 Å². The zero-order chi connectivity index (χ0) is 27.6. The van der Waals surface area contributed by atoms with Gasteiger partial charge in [0.2, 0.25) is 5.84 Å². The van der Waals surface area contributed by atoms with Crippen LogP contribution in [-0.4, -0.2) is 31.3 Å². The summed E-state index contributed by atoms with van der Waals surface area (Å²) in [7, 11) is 0. The first-order valence-electron chi connectivity index (χ1n) is 14.1. The molecule has 0 fully saturated rings. The average Bonchev–Trinajstić information content (AvgIpc) is 3.57. The summed E-state index contributed by atoms with van der Waals surface area (Å²) in [6, 6.07) is 18.2. The van der Waals surface area contributed by atoms with Crippen molar-refractivity contribution < 1.29 is 4.48 Å². The van der Waals surface area contributed by atoms with Crippen molar-refractivity contribution in [2.24, 2.45) is 4.99 Å². The highest BCUT2D eigenvalue weighted by molar-refractivity contribution is 6.73. The Bertz CT molecular complexity index is 1980. The first-order valence-corrected chi connectivity index (χ1v) is 14.1. The van der Waals surface area contributed by atoms with E-state index in [0.717, 1.165) is 11.7 Å². The zero-order valence-electron chi connectivity index (χ0n) is 23.9. The summed E-state index contributed by atoms with van der Waals surface area (Å²) in [6.07, 6.45) is 14.6. The lowest BCUT2D eigenvalue weighted by Crippen LogP contribution is -2.84. The van der Waals surface area contributed by atoms with Crippen LogP contribution in [0.4, 0.5) is 5.82 Å². The largest absolute Gasteiger partial charge is 0.508 e. The Morgan fingerprint density at radius 1 is 0.875 bits per heavy atom. The van der Waals surface area contributed by atoms with Crippen molar-refractivity contribution in [3.8, 4) is 0 Å². The van der Waals surface area contributed by atoms with Crippen LogP contribution in [0.5, 0.6) is 0 Å².